The number of hydrogen-bond donors (Lipinski definition) is 1. The van der Waals surface area contributed by atoms with Crippen LogP contribution in [0.15, 0.2) is 12.1 Å². The van der Waals surface area contributed by atoms with E-state index in [0.717, 1.165) is 24.2 Å². The number of hydrogen-bond acceptors (Lipinski definition) is 3. The maximum absolute atomic E-state index is 6.01. The largest absolute Gasteiger partial charge is 0.493 e. The molecule has 4 heteroatoms. The molecule has 90 valence electrons. The van der Waals surface area contributed by atoms with Gasteiger partial charge in [0.25, 0.3) is 0 Å². The summed E-state index contributed by atoms with van der Waals surface area (Å²) in [5.41, 5.74) is 6.77. The number of benzene rings is 1. The normalized spacial score (nSPS) is 12.3. The van der Waals surface area contributed by atoms with E-state index in [-0.39, 0.29) is 6.04 Å². The summed E-state index contributed by atoms with van der Waals surface area (Å²) in [5, 5.41) is 0.650. The molecular formula is C12H18ClNO2. The van der Waals surface area contributed by atoms with E-state index in [9.17, 15) is 0 Å². The molecule has 16 heavy (non-hydrogen) atoms. The van der Waals surface area contributed by atoms with Crippen LogP contribution in [0.2, 0.25) is 5.02 Å². The van der Waals surface area contributed by atoms with Crippen LogP contribution in [0.5, 0.6) is 11.5 Å². The summed E-state index contributed by atoms with van der Waals surface area (Å²) in [6.45, 7) is 1.98. The minimum atomic E-state index is 0.162. The van der Waals surface area contributed by atoms with Crippen LogP contribution in [0.25, 0.3) is 0 Å². The van der Waals surface area contributed by atoms with Gasteiger partial charge < -0.3 is 15.2 Å². The zero-order chi connectivity index (χ0) is 12.1. The Morgan fingerprint density at radius 3 is 2.50 bits per heavy atom. The van der Waals surface area contributed by atoms with E-state index in [1.54, 1.807) is 20.3 Å². The first-order valence-corrected chi connectivity index (χ1v) is 5.62. The highest BCUT2D eigenvalue weighted by molar-refractivity contribution is 6.30. The number of ether oxygens (including phenoxy) is 2. The lowest BCUT2D eigenvalue weighted by Crippen LogP contribution is -2.15. The van der Waals surface area contributed by atoms with Crippen LogP contribution in [-0.4, -0.2) is 20.3 Å². The summed E-state index contributed by atoms with van der Waals surface area (Å²) < 4.78 is 10.6. The molecule has 0 fully saturated rings. The highest BCUT2D eigenvalue weighted by Gasteiger charge is 2.12. The van der Waals surface area contributed by atoms with Crippen LogP contribution in [0, 0.1) is 0 Å². The maximum atomic E-state index is 6.01. The monoisotopic (exact) mass is 243 g/mol. The van der Waals surface area contributed by atoms with Gasteiger partial charge in [0.05, 0.1) is 14.2 Å². The second-order valence-corrected chi connectivity index (χ2v) is 4.25. The Morgan fingerprint density at radius 1 is 1.31 bits per heavy atom. The molecule has 0 saturated heterocycles. The molecule has 1 aromatic carbocycles. The zero-order valence-corrected chi connectivity index (χ0v) is 10.7. The van der Waals surface area contributed by atoms with Crippen molar-refractivity contribution in [1.82, 2.24) is 0 Å². The van der Waals surface area contributed by atoms with Crippen molar-refractivity contribution in [3.05, 3.63) is 22.7 Å². The van der Waals surface area contributed by atoms with Gasteiger partial charge in [-0.25, -0.2) is 0 Å². The molecule has 3 nitrogen and oxygen atoms in total. The van der Waals surface area contributed by atoms with E-state index in [1.165, 1.54) is 0 Å². The first kappa shape index (κ1) is 13.1. The molecule has 0 amide bonds. The average Bonchev–Trinajstić information content (AvgIpc) is 2.25. The summed E-state index contributed by atoms with van der Waals surface area (Å²) in [7, 11) is 3.23. The Morgan fingerprint density at radius 2 is 2.00 bits per heavy atom. The molecule has 0 aromatic heterocycles. The van der Waals surface area contributed by atoms with Crippen LogP contribution in [-0.2, 0) is 6.42 Å². The molecule has 1 atom stereocenters. The van der Waals surface area contributed by atoms with E-state index in [4.69, 9.17) is 26.8 Å². The summed E-state index contributed by atoms with van der Waals surface area (Å²) in [5.74, 6) is 1.40. The highest BCUT2D eigenvalue weighted by Crippen LogP contribution is 2.35. The van der Waals surface area contributed by atoms with Crippen LogP contribution >= 0.6 is 11.6 Å². The van der Waals surface area contributed by atoms with Crippen molar-refractivity contribution in [3.8, 4) is 11.5 Å². The van der Waals surface area contributed by atoms with E-state index >= 15 is 0 Å². The van der Waals surface area contributed by atoms with Gasteiger partial charge in [-0.15, -0.1) is 0 Å². The maximum Gasteiger partial charge on any atom is 0.163 e. The van der Waals surface area contributed by atoms with Gasteiger partial charge in [-0.3, -0.25) is 0 Å². The van der Waals surface area contributed by atoms with Gasteiger partial charge in [-0.05, 0) is 31.4 Å². The lowest BCUT2D eigenvalue weighted by atomic mass is 10.1. The van der Waals surface area contributed by atoms with Gasteiger partial charge in [-0.1, -0.05) is 11.6 Å². The number of halogens is 1. The van der Waals surface area contributed by atoms with Gasteiger partial charge >= 0.3 is 0 Å². The van der Waals surface area contributed by atoms with Crippen LogP contribution < -0.4 is 15.2 Å². The van der Waals surface area contributed by atoms with Crippen molar-refractivity contribution in [1.29, 1.82) is 0 Å². The van der Waals surface area contributed by atoms with Crippen molar-refractivity contribution in [2.75, 3.05) is 14.2 Å². The van der Waals surface area contributed by atoms with Crippen LogP contribution in [0.4, 0.5) is 0 Å². The van der Waals surface area contributed by atoms with Crippen molar-refractivity contribution >= 4 is 11.6 Å². The molecule has 0 bridgehead atoms. The third-order valence-electron chi connectivity index (χ3n) is 2.39. The van der Waals surface area contributed by atoms with Crippen molar-refractivity contribution in [2.45, 2.75) is 25.8 Å². The summed E-state index contributed by atoms with van der Waals surface area (Å²) >= 11 is 6.01. The van der Waals surface area contributed by atoms with E-state index in [2.05, 4.69) is 0 Å². The first-order chi connectivity index (χ1) is 7.58. The SMILES string of the molecule is COc1cc(Cl)cc(CCC(C)N)c1OC. The van der Waals surface area contributed by atoms with Crippen molar-refractivity contribution in [3.63, 3.8) is 0 Å². The lowest BCUT2D eigenvalue weighted by Gasteiger charge is -2.14. The molecule has 1 rings (SSSR count). The topological polar surface area (TPSA) is 44.5 Å². The predicted octanol–water partition coefficient (Wildman–Crippen LogP) is 2.64. The molecule has 0 radical (unpaired) electrons. The summed E-state index contributed by atoms with van der Waals surface area (Å²) in [6, 6.07) is 3.80. The number of rotatable bonds is 5. The number of nitrogens with two attached hydrogens (primary N) is 1. The molecule has 0 aliphatic carbocycles. The number of methoxy groups -OCH3 is 2. The fourth-order valence-electron chi connectivity index (χ4n) is 1.57. The average molecular weight is 244 g/mol. The molecule has 0 aliphatic rings. The second kappa shape index (κ2) is 5.97. The molecule has 0 spiro atoms. The summed E-state index contributed by atoms with van der Waals surface area (Å²) in [6.07, 6.45) is 1.72. The smallest absolute Gasteiger partial charge is 0.163 e. The molecule has 0 aliphatic heterocycles. The fraction of sp³-hybridized carbons (Fsp3) is 0.500. The molecule has 1 unspecified atom stereocenters. The second-order valence-electron chi connectivity index (χ2n) is 3.82. The van der Waals surface area contributed by atoms with Gasteiger partial charge in [-0.2, -0.15) is 0 Å². The Kier molecular flexibility index (Phi) is 4.90. The third-order valence-corrected chi connectivity index (χ3v) is 2.61. The molecular weight excluding hydrogens is 226 g/mol. The molecule has 1 aromatic rings. The highest BCUT2D eigenvalue weighted by atomic mass is 35.5. The molecule has 2 N–H and O–H groups in total. The minimum Gasteiger partial charge on any atom is -0.493 e. The van der Waals surface area contributed by atoms with Crippen LogP contribution in [0.1, 0.15) is 18.9 Å². The van der Waals surface area contributed by atoms with Gasteiger partial charge in [0.1, 0.15) is 0 Å². The third kappa shape index (κ3) is 3.29. The van der Waals surface area contributed by atoms with Gasteiger partial charge in [0, 0.05) is 17.1 Å². The van der Waals surface area contributed by atoms with Gasteiger partial charge in [0.15, 0.2) is 11.5 Å². The fourth-order valence-corrected chi connectivity index (χ4v) is 1.81. The van der Waals surface area contributed by atoms with E-state index in [0.29, 0.717) is 10.8 Å². The molecule has 0 saturated carbocycles. The Balaban J connectivity index is 3.00. The van der Waals surface area contributed by atoms with E-state index in [1.807, 2.05) is 13.0 Å². The Labute approximate surface area is 101 Å². The van der Waals surface area contributed by atoms with Gasteiger partial charge in [0.2, 0.25) is 0 Å². The minimum absolute atomic E-state index is 0.162. The quantitative estimate of drug-likeness (QED) is 0.865. The van der Waals surface area contributed by atoms with Crippen molar-refractivity contribution < 1.29 is 9.47 Å². The lowest BCUT2D eigenvalue weighted by molar-refractivity contribution is 0.351. The van der Waals surface area contributed by atoms with Crippen LogP contribution in [0.3, 0.4) is 0 Å². The number of aryl methyl sites for hydroxylation is 1. The zero-order valence-electron chi connectivity index (χ0n) is 9.92. The Bertz CT molecular complexity index is 353. The Hall–Kier alpha value is -0.930. The molecule has 0 heterocycles. The first-order valence-electron chi connectivity index (χ1n) is 5.24. The van der Waals surface area contributed by atoms with Crippen molar-refractivity contribution in [2.24, 2.45) is 5.73 Å². The summed E-state index contributed by atoms with van der Waals surface area (Å²) in [4.78, 5) is 0. The predicted molar refractivity (Wildman–Crippen MR) is 66.5 cm³/mol. The van der Waals surface area contributed by atoms with E-state index < -0.39 is 0 Å². The standard InChI is InChI=1S/C12H18ClNO2/c1-8(14)4-5-9-6-10(13)7-11(15-2)12(9)16-3/h6-8H,4-5,14H2,1-3H3.